The lowest BCUT2D eigenvalue weighted by molar-refractivity contribution is 0.101. The van der Waals surface area contributed by atoms with Crippen LogP contribution in [0.25, 0.3) is 0 Å². The molecular weight excluding hydrogens is 287 g/mol. The molecule has 2 heterocycles. The van der Waals surface area contributed by atoms with Gasteiger partial charge in [-0.1, -0.05) is 23.2 Å². The Morgan fingerprint density at radius 2 is 2.16 bits per heavy atom. The fourth-order valence-electron chi connectivity index (χ4n) is 1.86. The van der Waals surface area contributed by atoms with Crippen LogP contribution in [0.5, 0.6) is 0 Å². The van der Waals surface area contributed by atoms with E-state index in [1.54, 1.807) is 6.07 Å². The summed E-state index contributed by atoms with van der Waals surface area (Å²) in [6, 6.07) is 4.05. The molecule has 1 aliphatic carbocycles. The van der Waals surface area contributed by atoms with Crippen molar-refractivity contribution in [3.8, 4) is 0 Å². The van der Waals surface area contributed by atoms with E-state index < -0.39 is 0 Å². The highest BCUT2D eigenvalue weighted by molar-refractivity contribution is 6.43. The van der Waals surface area contributed by atoms with Crippen molar-refractivity contribution in [1.29, 1.82) is 0 Å². The number of hydrogen-bond donors (Lipinski definition) is 1. The zero-order chi connectivity index (χ0) is 13.4. The summed E-state index contributed by atoms with van der Waals surface area (Å²) in [4.78, 5) is 19.8. The van der Waals surface area contributed by atoms with Crippen molar-refractivity contribution in [2.75, 3.05) is 5.32 Å². The van der Waals surface area contributed by atoms with Gasteiger partial charge in [0.25, 0.3) is 5.91 Å². The van der Waals surface area contributed by atoms with E-state index in [1.807, 2.05) is 16.8 Å². The van der Waals surface area contributed by atoms with E-state index in [1.165, 1.54) is 6.33 Å². The standard InChI is InChI=1S/C12H10Cl2N4O/c13-9-10(14)15-6-16-11(9)17-12(19)8-2-1-5-18(8)7-3-4-7/h1-2,5-7H,3-4H2,(H,15,16,17,19). The summed E-state index contributed by atoms with van der Waals surface area (Å²) in [6.07, 6.45) is 5.37. The molecule has 1 amide bonds. The predicted molar refractivity (Wildman–Crippen MR) is 72.7 cm³/mol. The first kappa shape index (κ1) is 12.4. The molecule has 0 spiro atoms. The zero-order valence-corrected chi connectivity index (χ0v) is 11.3. The SMILES string of the molecule is O=C(Nc1ncnc(Cl)c1Cl)c1cccn1C1CC1. The number of nitrogens with one attached hydrogen (secondary N) is 1. The van der Waals surface area contributed by atoms with Gasteiger partial charge in [-0.25, -0.2) is 9.97 Å². The van der Waals surface area contributed by atoms with E-state index in [2.05, 4.69) is 15.3 Å². The van der Waals surface area contributed by atoms with Gasteiger partial charge in [0.05, 0.1) is 0 Å². The monoisotopic (exact) mass is 296 g/mol. The molecule has 3 rings (SSSR count). The third kappa shape index (κ3) is 2.43. The number of anilines is 1. The van der Waals surface area contributed by atoms with Gasteiger partial charge in [-0.3, -0.25) is 4.79 Å². The van der Waals surface area contributed by atoms with Gasteiger partial charge < -0.3 is 9.88 Å². The van der Waals surface area contributed by atoms with Gasteiger partial charge in [-0.15, -0.1) is 0 Å². The number of halogens is 2. The number of carbonyl (C=O) groups is 1. The summed E-state index contributed by atoms with van der Waals surface area (Å²) in [5.74, 6) is -0.0382. The molecule has 1 saturated carbocycles. The minimum Gasteiger partial charge on any atom is -0.340 e. The van der Waals surface area contributed by atoms with Crippen LogP contribution in [-0.2, 0) is 0 Å². The Morgan fingerprint density at radius 3 is 2.89 bits per heavy atom. The van der Waals surface area contributed by atoms with Crippen LogP contribution in [0.1, 0.15) is 29.4 Å². The van der Waals surface area contributed by atoms with E-state index in [4.69, 9.17) is 23.2 Å². The van der Waals surface area contributed by atoms with Crippen LogP contribution in [0.3, 0.4) is 0 Å². The fraction of sp³-hybridized carbons (Fsp3) is 0.250. The van der Waals surface area contributed by atoms with E-state index in [9.17, 15) is 4.79 Å². The highest BCUT2D eigenvalue weighted by atomic mass is 35.5. The van der Waals surface area contributed by atoms with Crippen molar-refractivity contribution in [3.63, 3.8) is 0 Å². The number of aromatic nitrogens is 3. The summed E-state index contributed by atoms with van der Waals surface area (Å²) in [5, 5.41) is 2.91. The first-order valence-electron chi connectivity index (χ1n) is 5.81. The predicted octanol–water partition coefficient (Wildman–Crippen LogP) is 3.17. The summed E-state index contributed by atoms with van der Waals surface area (Å²) in [6.45, 7) is 0. The van der Waals surface area contributed by atoms with Crippen molar-refractivity contribution < 1.29 is 4.79 Å². The quantitative estimate of drug-likeness (QED) is 0.885. The smallest absolute Gasteiger partial charge is 0.273 e. The van der Waals surface area contributed by atoms with E-state index in [0.717, 1.165) is 12.8 Å². The Bertz CT molecular complexity index is 636. The van der Waals surface area contributed by atoms with E-state index >= 15 is 0 Å². The minimum atomic E-state index is -0.256. The summed E-state index contributed by atoms with van der Waals surface area (Å²) >= 11 is 11.7. The highest BCUT2D eigenvalue weighted by Gasteiger charge is 2.27. The molecule has 5 nitrogen and oxygen atoms in total. The maximum atomic E-state index is 12.2. The van der Waals surface area contributed by atoms with Gasteiger partial charge in [0, 0.05) is 12.2 Å². The largest absolute Gasteiger partial charge is 0.340 e. The third-order valence-corrected chi connectivity index (χ3v) is 3.67. The Hall–Kier alpha value is -1.59. The van der Waals surface area contributed by atoms with Crippen molar-refractivity contribution in [2.45, 2.75) is 18.9 Å². The molecule has 98 valence electrons. The molecule has 1 aliphatic rings. The zero-order valence-electron chi connectivity index (χ0n) is 9.81. The molecule has 7 heteroatoms. The van der Waals surface area contributed by atoms with Gasteiger partial charge in [-0.2, -0.15) is 0 Å². The molecule has 19 heavy (non-hydrogen) atoms. The van der Waals surface area contributed by atoms with Crippen molar-refractivity contribution >= 4 is 34.9 Å². The van der Waals surface area contributed by atoms with Crippen LogP contribution in [0.4, 0.5) is 5.82 Å². The number of carbonyl (C=O) groups excluding carboxylic acids is 1. The molecule has 2 aromatic rings. The minimum absolute atomic E-state index is 0.115. The number of hydrogen-bond acceptors (Lipinski definition) is 3. The van der Waals surface area contributed by atoms with E-state index in [0.29, 0.717) is 11.7 Å². The number of amides is 1. The van der Waals surface area contributed by atoms with Gasteiger partial charge >= 0.3 is 0 Å². The van der Waals surface area contributed by atoms with Crippen LogP contribution < -0.4 is 5.32 Å². The highest BCUT2D eigenvalue weighted by Crippen LogP contribution is 2.36. The van der Waals surface area contributed by atoms with Crippen LogP contribution >= 0.6 is 23.2 Å². The topological polar surface area (TPSA) is 59.8 Å². The van der Waals surface area contributed by atoms with Gasteiger partial charge in [0.1, 0.15) is 17.0 Å². The summed E-state index contributed by atoms with van der Waals surface area (Å²) < 4.78 is 1.96. The Labute approximate surface area is 119 Å². The molecule has 0 bridgehead atoms. The normalized spacial score (nSPS) is 14.4. The molecule has 1 fully saturated rings. The Kier molecular flexibility index (Phi) is 3.16. The molecule has 1 N–H and O–H groups in total. The average Bonchev–Trinajstić information content (AvgIpc) is 3.12. The average molecular weight is 297 g/mol. The van der Waals surface area contributed by atoms with E-state index in [-0.39, 0.29) is 21.9 Å². The van der Waals surface area contributed by atoms with Crippen LogP contribution in [-0.4, -0.2) is 20.4 Å². The fourth-order valence-corrected chi connectivity index (χ4v) is 2.14. The molecular formula is C12H10Cl2N4O. The molecule has 0 radical (unpaired) electrons. The van der Waals surface area contributed by atoms with Gasteiger partial charge in [0.2, 0.25) is 0 Å². The Morgan fingerprint density at radius 1 is 1.37 bits per heavy atom. The molecule has 0 saturated heterocycles. The van der Waals surface area contributed by atoms with Crippen molar-refractivity contribution in [3.05, 3.63) is 40.5 Å². The van der Waals surface area contributed by atoms with Crippen LogP contribution in [0.2, 0.25) is 10.2 Å². The summed E-state index contributed by atoms with van der Waals surface area (Å²) in [5.41, 5.74) is 0.591. The number of rotatable bonds is 3. The molecule has 0 atom stereocenters. The Balaban J connectivity index is 1.84. The lowest BCUT2D eigenvalue weighted by Crippen LogP contribution is -2.17. The second kappa shape index (κ2) is 4.83. The lowest BCUT2D eigenvalue weighted by atomic mass is 10.4. The maximum absolute atomic E-state index is 12.2. The second-order valence-electron chi connectivity index (χ2n) is 4.31. The van der Waals surface area contributed by atoms with Crippen LogP contribution in [0, 0.1) is 0 Å². The van der Waals surface area contributed by atoms with Crippen molar-refractivity contribution in [2.24, 2.45) is 0 Å². The lowest BCUT2D eigenvalue weighted by Gasteiger charge is -2.09. The van der Waals surface area contributed by atoms with Crippen molar-refractivity contribution in [1.82, 2.24) is 14.5 Å². The maximum Gasteiger partial charge on any atom is 0.273 e. The third-order valence-electron chi connectivity index (χ3n) is 2.93. The summed E-state index contributed by atoms with van der Waals surface area (Å²) in [7, 11) is 0. The first-order valence-corrected chi connectivity index (χ1v) is 6.56. The van der Waals surface area contributed by atoms with Gasteiger partial charge in [0.15, 0.2) is 11.0 Å². The van der Waals surface area contributed by atoms with Gasteiger partial charge in [-0.05, 0) is 25.0 Å². The molecule has 0 aromatic carbocycles. The second-order valence-corrected chi connectivity index (χ2v) is 5.05. The molecule has 2 aromatic heterocycles. The molecule has 0 unspecified atom stereocenters. The first-order chi connectivity index (χ1) is 9.16. The number of nitrogens with zero attached hydrogens (tertiary/aromatic N) is 3. The van der Waals surface area contributed by atoms with Crippen LogP contribution in [0.15, 0.2) is 24.7 Å². The molecule has 0 aliphatic heterocycles.